The largest absolute Gasteiger partial charge is 0.447 e. The van der Waals surface area contributed by atoms with Crippen LogP contribution in [-0.4, -0.2) is 33.5 Å². The lowest BCUT2D eigenvalue weighted by atomic mass is 10.2. The quantitative estimate of drug-likeness (QED) is 0.608. The highest BCUT2D eigenvalue weighted by atomic mass is 32.2. The summed E-state index contributed by atoms with van der Waals surface area (Å²) in [5, 5.41) is 3.22. The lowest BCUT2D eigenvalue weighted by Crippen LogP contribution is -2.24. The molecule has 0 saturated carbocycles. The van der Waals surface area contributed by atoms with E-state index in [4.69, 9.17) is 4.42 Å². The molecule has 1 rings (SSSR count). The molecule has 1 aromatic heterocycles. The summed E-state index contributed by atoms with van der Waals surface area (Å²) in [5.41, 5.74) is 0. The monoisotopic (exact) mass is 334 g/mol. The van der Waals surface area contributed by atoms with E-state index in [0.717, 1.165) is 25.1 Å². The molecule has 1 heterocycles. The van der Waals surface area contributed by atoms with Crippen LogP contribution in [0.25, 0.3) is 0 Å². The second kappa shape index (κ2) is 9.50. The third kappa shape index (κ3) is 7.35. The van der Waals surface area contributed by atoms with Crippen LogP contribution in [0.15, 0.2) is 21.6 Å². The van der Waals surface area contributed by atoms with Crippen LogP contribution in [0.2, 0.25) is 0 Å². The number of hydrogen-bond donors (Lipinski definition) is 2. The van der Waals surface area contributed by atoms with E-state index in [9.17, 15) is 8.42 Å². The number of thioether (sulfide) groups is 1. The number of nitrogens with one attached hydrogen (secondary N) is 2. The van der Waals surface area contributed by atoms with Crippen LogP contribution < -0.4 is 10.0 Å². The third-order valence-corrected chi connectivity index (χ3v) is 4.85. The Morgan fingerprint density at radius 3 is 2.71 bits per heavy atom. The fraction of sp³-hybridized carbons (Fsp3) is 0.714. The fourth-order valence-corrected chi connectivity index (χ4v) is 3.24. The lowest BCUT2D eigenvalue weighted by Gasteiger charge is -2.05. The van der Waals surface area contributed by atoms with Crippen molar-refractivity contribution < 1.29 is 12.8 Å². The van der Waals surface area contributed by atoms with E-state index in [1.54, 1.807) is 17.8 Å². The standard InChI is InChI=1S/C14H26N2O3S2/c1-12(2)10-15-11-13-6-7-14(19-13)21(17,18)16-8-4-5-9-20-3/h6-7,12,15-16H,4-5,8-11H2,1-3H3. The predicted octanol–water partition coefficient (Wildman–Crippen LogP) is 2.45. The summed E-state index contributed by atoms with van der Waals surface area (Å²) in [6.07, 6.45) is 3.89. The first kappa shape index (κ1) is 18.5. The van der Waals surface area contributed by atoms with Crippen LogP contribution >= 0.6 is 11.8 Å². The summed E-state index contributed by atoms with van der Waals surface area (Å²) in [5.74, 6) is 2.23. The van der Waals surface area contributed by atoms with Crippen molar-refractivity contribution in [1.29, 1.82) is 0 Å². The van der Waals surface area contributed by atoms with E-state index in [0.29, 0.717) is 24.8 Å². The van der Waals surface area contributed by atoms with Crippen molar-refractivity contribution in [3.8, 4) is 0 Å². The van der Waals surface area contributed by atoms with Crippen molar-refractivity contribution in [2.24, 2.45) is 5.92 Å². The Labute approximate surface area is 132 Å². The molecule has 0 aliphatic heterocycles. The first-order chi connectivity index (χ1) is 9.95. The maximum atomic E-state index is 12.0. The van der Waals surface area contributed by atoms with Crippen LogP contribution in [-0.2, 0) is 16.6 Å². The van der Waals surface area contributed by atoms with Gasteiger partial charge >= 0.3 is 0 Å². The zero-order chi connectivity index (χ0) is 15.7. The molecule has 0 aromatic carbocycles. The van der Waals surface area contributed by atoms with Gasteiger partial charge in [0.25, 0.3) is 10.0 Å². The minimum absolute atomic E-state index is 0.00582. The Morgan fingerprint density at radius 2 is 2.05 bits per heavy atom. The molecule has 0 unspecified atom stereocenters. The topological polar surface area (TPSA) is 71.3 Å². The number of unbranched alkanes of at least 4 members (excludes halogenated alkanes) is 1. The van der Waals surface area contributed by atoms with Gasteiger partial charge in [-0.3, -0.25) is 0 Å². The molecule has 0 saturated heterocycles. The van der Waals surface area contributed by atoms with E-state index >= 15 is 0 Å². The zero-order valence-electron chi connectivity index (χ0n) is 13.0. The van der Waals surface area contributed by atoms with Crippen LogP contribution in [0.1, 0.15) is 32.4 Å². The third-order valence-electron chi connectivity index (χ3n) is 2.82. The van der Waals surface area contributed by atoms with Gasteiger partial charge in [0, 0.05) is 6.54 Å². The normalized spacial score (nSPS) is 12.2. The molecule has 5 nitrogen and oxygen atoms in total. The average Bonchev–Trinajstić information content (AvgIpc) is 2.87. The zero-order valence-corrected chi connectivity index (χ0v) is 14.6. The average molecular weight is 335 g/mol. The summed E-state index contributed by atoms with van der Waals surface area (Å²) in [6.45, 7) is 6.10. The van der Waals surface area contributed by atoms with Gasteiger partial charge in [-0.05, 0) is 49.4 Å². The van der Waals surface area contributed by atoms with Crippen LogP contribution in [0.3, 0.4) is 0 Å². The maximum absolute atomic E-state index is 12.0. The number of sulfonamides is 1. The van der Waals surface area contributed by atoms with E-state index in [-0.39, 0.29) is 5.09 Å². The first-order valence-electron chi connectivity index (χ1n) is 7.23. The molecular weight excluding hydrogens is 308 g/mol. The van der Waals surface area contributed by atoms with Gasteiger partial charge in [0.15, 0.2) is 0 Å². The highest BCUT2D eigenvalue weighted by Crippen LogP contribution is 2.14. The van der Waals surface area contributed by atoms with Gasteiger partial charge in [0.05, 0.1) is 6.54 Å². The summed E-state index contributed by atoms with van der Waals surface area (Å²) >= 11 is 1.77. The first-order valence-corrected chi connectivity index (χ1v) is 10.1. The summed E-state index contributed by atoms with van der Waals surface area (Å²) < 4.78 is 32.0. The smallest absolute Gasteiger partial charge is 0.273 e. The van der Waals surface area contributed by atoms with Crippen molar-refractivity contribution in [3.05, 3.63) is 17.9 Å². The van der Waals surface area contributed by atoms with Gasteiger partial charge in [-0.2, -0.15) is 11.8 Å². The van der Waals surface area contributed by atoms with Crippen molar-refractivity contribution in [2.75, 3.05) is 25.1 Å². The molecular formula is C14H26N2O3S2. The molecule has 0 aliphatic rings. The van der Waals surface area contributed by atoms with E-state index in [1.165, 1.54) is 6.07 Å². The Hall–Kier alpha value is -0.500. The molecule has 0 bridgehead atoms. The Bertz CT molecular complexity index is 498. The number of furan rings is 1. The van der Waals surface area contributed by atoms with Gasteiger partial charge in [0.1, 0.15) is 5.76 Å². The highest BCUT2D eigenvalue weighted by Gasteiger charge is 2.17. The van der Waals surface area contributed by atoms with Gasteiger partial charge in [-0.15, -0.1) is 0 Å². The van der Waals surface area contributed by atoms with E-state index in [2.05, 4.69) is 23.9 Å². The van der Waals surface area contributed by atoms with Crippen molar-refractivity contribution in [2.45, 2.75) is 38.3 Å². The molecule has 0 fully saturated rings. The molecule has 1 aromatic rings. The molecule has 0 radical (unpaired) electrons. The molecule has 7 heteroatoms. The summed E-state index contributed by atoms with van der Waals surface area (Å²) in [6, 6.07) is 3.21. The molecule has 0 amide bonds. The molecule has 0 spiro atoms. The number of hydrogen-bond acceptors (Lipinski definition) is 5. The van der Waals surface area contributed by atoms with Gasteiger partial charge in [0.2, 0.25) is 5.09 Å². The van der Waals surface area contributed by atoms with Crippen molar-refractivity contribution in [1.82, 2.24) is 10.0 Å². The Morgan fingerprint density at radius 1 is 1.29 bits per heavy atom. The van der Waals surface area contributed by atoms with Gasteiger partial charge in [-0.25, -0.2) is 13.1 Å². The van der Waals surface area contributed by atoms with Crippen molar-refractivity contribution >= 4 is 21.8 Å². The molecule has 21 heavy (non-hydrogen) atoms. The molecule has 122 valence electrons. The number of rotatable bonds is 11. The summed E-state index contributed by atoms with van der Waals surface area (Å²) in [4.78, 5) is 0. The fourth-order valence-electron chi connectivity index (χ4n) is 1.73. The van der Waals surface area contributed by atoms with Crippen molar-refractivity contribution in [3.63, 3.8) is 0 Å². The van der Waals surface area contributed by atoms with Crippen LogP contribution in [0, 0.1) is 5.92 Å². The predicted molar refractivity (Wildman–Crippen MR) is 88.1 cm³/mol. The Balaban J connectivity index is 2.42. The highest BCUT2D eigenvalue weighted by molar-refractivity contribution is 7.98. The van der Waals surface area contributed by atoms with E-state index < -0.39 is 10.0 Å². The van der Waals surface area contributed by atoms with Gasteiger partial charge < -0.3 is 9.73 Å². The molecule has 2 N–H and O–H groups in total. The lowest BCUT2D eigenvalue weighted by molar-refractivity contribution is 0.394. The van der Waals surface area contributed by atoms with E-state index in [1.807, 2.05) is 6.26 Å². The minimum Gasteiger partial charge on any atom is -0.447 e. The van der Waals surface area contributed by atoms with Gasteiger partial charge in [-0.1, -0.05) is 13.8 Å². The summed E-state index contributed by atoms with van der Waals surface area (Å²) in [7, 11) is -3.52. The maximum Gasteiger partial charge on any atom is 0.273 e. The minimum atomic E-state index is -3.52. The molecule has 0 atom stereocenters. The molecule has 0 aliphatic carbocycles. The second-order valence-corrected chi connectivity index (χ2v) is 8.03. The SMILES string of the molecule is CSCCCCNS(=O)(=O)c1ccc(CNCC(C)C)o1. The van der Waals surface area contributed by atoms with Crippen LogP contribution in [0.5, 0.6) is 0 Å². The second-order valence-electron chi connectivity index (χ2n) is 5.34. The van der Waals surface area contributed by atoms with Crippen LogP contribution in [0.4, 0.5) is 0 Å². The Kier molecular flexibility index (Phi) is 8.39.